The molecule has 0 aliphatic heterocycles. The number of aromatic hydroxyl groups is 2. The molecule has 0 saturated heterocycles. The van der Waals surface area contributed by atoms with Gasteiger partial charge in [-0.3, -0.25) is 0 Å². The van der Waals surface area contributed by atoms with Crippen LogP contribution in [-0.4, -0.2) is 10.2 Å². The molecule has 0 spiro atoms. The Morgan fingerprint density at radius 1 is 1.23 bits per heavy atom. The van der Waals surface area contributed by atoms with Crippen LogP contribution in [0.5, 0.6) is 11.5 Å². The summed E-state index contributed by atoms with van der Waals surface area (Å²) in [4.78, 5) is 0. The number of hydrogen-bond acceptors (Lipinski definition) is 5. The Balaban J connectivity index is 0.00000144. The van der Waals surface area contributed by atoms with E-state index in [1.165, 1.54) is 12.1 Å². The van der Waals surface area contributed by atoms with Crippen LogP contribution in [0.1, 0.15) is 5.56 Å². The predicted molar refractivity (Wildman–Crippen MR) is 42.2 cm³/mol. The maximum Gasteiger partial charge on any atom is 0.120 e. The molecule has 1 rings (SSSR count). The molecule has 1 radical (unpaired) electrons. The summed E-state index contributed by atoms with van der Waals surface area (Å²) in [6.45, 7) is 0. The van der Waals surface area contributed by atoms with Crippen LogP contribution in [0.25, 0.3) is 0 Å². The van der Waals surface area contributed by atoms with Gasteiger partial charge in [-0.1, -0.05) is 16.8 Å². The van der Waals surface area contributed by atoms with E-state index >= 15 is 0 Å². The zero-order valence-corrected chi connectivity index (χ0v) is 10.3. The second-order valence-corrected chi connectivity index (χ2v) is 3.16. The average molecular weight is 276 g/mol. The van der Waals surface area contributed by atoms with Crippen LogP contribution < -0.4 is 0 Å². The summed E-state index contributed by atoms with van der Waals surface area (Å²) >= 11 is 0. The van der Waals surface area contributed by atoms with Gasteiger partial charge in [-0.15, -0.1) is 0 Å². The van der Waals surface area contributed by atoms with Crippen molar-refractivity contribution in [1.29, 1.82) is 0 Å². The van der Waals surface area contributed by atoms with E-state index in [-0.39, 0.29) is 55.5 Å². The first-order valence-electron chi connectivity index (χ1n) is 3.16. The zero-order valence-electron chi connectivity index (χ0n) is 6.64. The third-order valence-corrected chi connectivity index (χ3v) is 1.89. The van der Waals surface area contributed by atoms with E-state index < -0.39 is 10.7 Å². The second-order valence-electron chi connectivity index (χ2n) is 2.26. The molecule has 0 aromatic heterocycles. The average Bonchev–Trinajstić information content (AvgIpc) is 1.94. The summed E-state index contributed by atoms with van der Waals surface area (Å²) in [7, 11) is -2.23. The molecule has 0 aliphatic rings. The molecule has 0 amide bonds. The van der Waals surface area contributed by atoms with Gasteiger partial charge in [0.1, 0.15) is 11.5 Å². The van der Waals surface area contributed by atoms with Gasteiger partial charge in [0.05, 0.1) is 0 Å². The van der Waals surface area contributed by atoms with Crippen LogP contribution in [0.3, 0.4) is 0 Å². The molecule has 6 heteroatoms. The first-order valence-corrected chi connectivity index (χ1v) is 4.40. The maximum absolute atomic E-state index is 10.2. The summed E-state index contributed by atoms with van der Waals surface area (Å²) in [5, 5.41) is 18.0. The van der Waals surface area contributed by atoms with E-state index in [2.05, 4.69) is 0 Å². The molecule has 0 heterocycles. The number of rotatable bonds is 2. The Labute approximate surface area is 102 Å². The summed E-state index contributed by atoms with van der Waals surface area (Å²) in [6.07, 6.45) is 0. The largest absolute Gasteiger partial charge is 0.508 e. The van der Waals surface area contributed by atoms with Crippen LogP contribution in [0.4, 0.5) is 0 Å². The van der Waals surface area contributed by atoms with Crippen LogP contribution in [0.15, 0.2) is 18.2 Å². The molecule has 0 unspecified atom stereocenters. The minimum Gasteiger partial charge on any atom is -0.508 e. The van der Waals surface area contributed by atoms with Crippen LogP contribution >= 0.6 is 0 Å². The number of benzene rings is 1. The number of hydrogen-bond donors (Lipinski definition) is 2. The number of phenolic OH excluding ortho intramolecular Hbond substituents is 2. The third kappa shape index (κ3) is 4.07. The molecule has 2 N–H and O–H groups in total. The van der Waals surface area contributed by atoms with Crippen LogP contribution in [0, 0.1) is 0 Å². The van der Waals surface area contributed by atoms with Gasteiger partial charge in [-0.05, 0) is 17.4 Å². The van der Waals surface area contributed by atoms with Crippen molar-refractivity contribution in [2.45, 2.75) is 5.75 Å². The van der Waals surface area contributed by atoms with Gasteiger partial charge >= 0.3 is 0 Å². The van der Waals surface area contributed by atoms with E-state index in [4.69, 9.17) is 10.2 Å². The van der Waals surface area contributed by atoms with Crippen molar-refractivity contribution < 1.29 is 51.3 Å². The smallest absolute Gasteiger partial charge is 0.120 e. The van der Waals surface area contributed by atoms with Crippen molar-refractivity contribution >= 4 is 10.7 Å². The first kappa shape index (κ1) is 12.9. The standard InChI is InChI=1S/C7H7O4S.Y/c8-6-2-1-5(4-12(10)11)7(9)3-6;/h1-3,8-9H,4H2;/q-1;. The quantitative estimate of drug-likeness (QED) is 0.787. The third-order valence-electron chi connectivity index (χ3n) is 1.34. The molecule has 13 heavy (non-hydrogen) atoms. The molecule has 4 nitrogen and oxygen atoms in total. The predicted octanol–water partition coefficient (Wildman–Crippen LogP) is 0.905. The van der Waals surface area contributed by atoms with Crippen molar-refractivity contribution in [2.75, 3.05) is 0 Å². The van der Waals surface area contributed by atoms with Crippen LogP contribution in [-0.2, 0) is 57.6 Å². The first-order chi connectivity index (χ1) is 5.59. The van der Waals surface area contributed by atoms with Gasteiger partial charge in [0.15, 0.2) is 0 Å². The van der Waals surface area contributed by atoms with Gasteiger partial charge in [-0.25, -0.2) is 0 Å². The Morgan fingerprint density at radius 3 is 2.31 bits per heavy atom. The molecule has 0 aliphatic carbocycles. The summed E-state index contributed by atoms with van der Waals surface area (Å²) in [5.41, 5.74) is 0.279. The fourth-order valence-corrected chi connectivity index (χ4v) is 1.30. The Kier molecular flexibility index (Phi) is 5.52. The van der Waals surface area contributed by atoms with E-state index in [9.17, 15) is 8.42 Å². The minimum atomic E-state index is -2.23. The van der Waals surface area contributed by atoms with Gasteiger partial charge in [0.25, 0.3) is 0 Å². The van der Waals surface area contributed by atoms with E-state index in [0.29, 0.717) is 0 Å². The van der Waals surface area contributed by atoms with E-state index in [1.807, 2.05) is 0 Å². The van der Waals surface area contributed by atoms with Crippen molar-refractivity contribution in [1.82, 2.24) is 0 Å². The monoisotopic (exact) mass is 276 g/mol. The van der Waals surface area contributed by atoms with Gasteiger partial charge in [0.2, 0.25) is 0 Å². The minimum absolute atomic E-state index is 0. The molecular weight excluding hydrogens is 269 g/mol. The Hall–Kier alpha value is -0.126. The Bertz CT molecular complexity index is 354. The second kappa shape index (κ2) is 5.57. The Morgan fingerprint density at radius 2 is 1.85 bits per heavy atom. The van der Waals surface area contributed by atoms with Gasteiger partial charge < -0.3 is 18.6 Å². The van der Waals surface area contributed by atoms with Crippen molar-refractivity contribution in [3.63, 3.8) is 0 Å². The van der Waals surface area contributed by atoms with Crippen LogP contribution in [0.2, 0.25) is 0 Å². The van der Waals surface area contributed by atoms with E-state index in [0.717, 1.165) is 6.07 Å². The molecular formula is C7H7O4SY-. The van der Waals surface area contributed by atoms with Gasteiger partial charge in [-0.2, -0.15) is 0 Å². The SMILES string of the molecule is O=[S-](=O)Cc1ccc(O)cc1O.[Y]. The molecule has 0 fully saturated rings. The molecule has 69 valence electrons. The van der Waals surface area contributed by atoms with Crippen molar-refractivity contribution in [3.8, 4) is 11.5 Å². The van der Waals surface area contributed by atoms with Crippen molar-refractivity contribution in [2.24, 2.45) is 0 Å². The van der Waals surface area contributed by atoms with Gasteiger partial charge in [0, 0.05) is 38.8 Å². The van der Waals surface area contributed by atoms with Crippen molar-refractivity contribution in [3.05, 3.63) is 23.8 Å². The summed E-state index contributed by atoms with van der Waals surface area (Å²) in [5.74, 6) is -0.543. The topological polar surface area (TPSA) is 74.6 Å². The number of phenols is 2. The molecule has 1 aromatic carbocycles. The molecule has 0 saturated carbocycles. The molecule has 0 atom stereocenters. The summed E-state index contributed by atoms with van der Waals surface area (Å²) < 4.78 is 20.5. The molecule has 1 aromatic rings. The fraction of sp³-hybridized carbons (Fsp3) is 0.143. The zero-order chi connectivity index (χ0) is 9.14. The summed E-state index contributed by atoms with van der Waals surface area (Å²) in [6, 6.07) is 3.78. The maximum atomic E-state index is 10.2. The van der Waals surface area contributed by atoms with E-state index in [1.54, 1.807) is 0 Å². The molecule has 0 bridgehead atoms. The fourth-order valence-electron chi connectivity index (χ4n) is 0.801. The normalized spacial score (nSPS) is 9.62.